The van der Waals surface area contributed by atoms with E-state index in [9.17, 15) is 4.79 Å². The van der Waals surface area contributed by atoms with Gasteiger partial charge in [-0.2, -0.15) is 0 Å². The summed E-state index contributed by atoms with van der Waals surface area (Å²) in [6, 6.07) is 5.47. The van der Waals surface area contributed by atoms with Crippen LogP contribution in [0.1, 0.15) is 18.2 Å². The largest absolute Gasteiger partial charge is 0.493 e. The Labute approximate surface area is 117 Å². The first kappa shape index (κ1) is 14.1. The third-order valence-corrected chi connectivity index (χ3v) is 3.23. The molecule has 20 heavy (non-hydrogen) atoms. The van der Waals surface area contributed by atoms with Gasteiger partial charge >= 0.3 is 0 Å². The van der Waals surface area contributed by atoms with E-state index in [4.69, 9.17) is 9.47 Å². The molecular formula is C15H18N2O3. The fourth-order valence-corrected chi connectivity index (χ4v) is 2.23. The summed E-state index contributed by atoms with van der Waals surface area (Å²) in [4.78, 5) is 19.3. The summed E-state index contributed by atoms with van der Waals surface area (Å²) >= 11 is 0. The average molecular weight is 274 g/mol. The molecule has 2 aromatic rings. The summed E-state index contributed by atoms with van der Waals surface area (Å²) in [6.07, 6.45) is 0.656. The zero-order valence-electron chi connectivity index (χ0n) is 12.1. The normalized spacial score (nSPS) is 10.4. The van der Waals surface area contributed by atoms with E-state index in [1.54, 1.807) is 20.3 Å². The van der Waals surface area contributed by atoms with E-state index >= 15 is 0 Å². The summed E-state index contributed by atoms with van der Waals surface area (Å²) in [7, 11) is 3.13. The van der Waals surface area contributed by atoms with Gasteiger partial charge in [0.25, 0.3) is 5.56 Å². The van der Waals surface area contributed by atoms with Gasteiger partial charge < -0.3 is 14.5 Å². The molecule has 0 atom stereocenters. The van der Waals surface area contributed by atoms with Gasteiger partial charge in [0, 0.05) is 11.3 Å². The number of nitrogens with zero attached hydrogens (tertiary/aromatic N) is 1. The predicted molar refractivity (Wildman–Crippen MR) is 77.5 cm³/mol. The van der Waals surface area contributed by atoms with Gasteiger partial charge in [0.15, 0.2) is 11.5 Å². The molecule has 0 aliphatic carbocycles. The molecule has 1 N–H and O–H groups in total. The molecule has 0 bridgehead atoms. The zero-order valence-corrected chi connectivity index (χ0v) is 12.1. The van der Waals surface area contributed by atoms with E-state index in [0.717, 1.165) is 5.69 Å². The molecule has 5 nitrogen and oxygen atoms in total. The monoisotopic (exact) mass is 274 g/mol. The first-order valence-electron chi connectivity index (χ1n) is 6.43. The number of benzene rings is 1. The first-order chi connectivity index (χ1) is 9.62. The number of aromatic nitrogens is 2. The van der Waals surface area contributed by atoms with Crippen LogP contribution < -0.4 is 15.0 Å². The average Bonchev–Trinajstić information content (AvgIpc) is 2.45. The van der Waals surface area contributed by atoms with Crippen molar-refractivity contribution in [3.63, 3.8) is 0 Å². The minimum Gasteiger partial charge on any atom is -0.493 e. The van der Waals surface area contributed by atoms with Crippen molar-refractivity contribution in [2.45, 2.75) is 20.3 Å². The highest BCUT2D eigenvalue weighted by molar-refractivity contribution is 5.68. The van der Waals surface area contributed by atoms with Crippen molar-refractivity contribution in [3.8, 4) is 22.9 Å². The molecule has 0 aliphatic rings. The smallest absolute Gasteiger partial charge is 0.254 e. The Balaban J connectivity index is 2.66. The molecule has 0 unspecified atom stereocenters. The number of nitrogens with one attached hydrogen (secondary N) is 1. The SMILES string of the molecule is CCc1c(C)nc(-c2cccc(OC)c2OC)[nH]c1=O. The molecular weight excluding hydrogens is 256 g/mol. The van der Waals surface area contributed by atoms with E-state index in [-0.39, 0.29) is 5.56 Å². The highest BCUT2D eigenvalue weighted by atomic mass is 16.5. The second-order valence-corrected chi connectivity index (χ2v) is 4.37. The third-order valence-electron chi connectivity index (χ3n) is 3.23. The number of aromatic amines is 1. The summed E-state index contributed by atoms with van der Waals surface area (Å²) < 4.78 is 10.6. The van der Waals surface area contributed by atoms with Crippen molar-refractivity contribution in [2.24, 2.45) is 0 Å². The lowest BCUT2D eigenvalue weighted by molar-refractivity contribution is 0.356. The van der Waals surface area contributed by atoms with Crippen LogP contribution in [-0.2, 0) is 6.42 Å². The van der Waals surface area contributed by atoms with Crippen LogP contribution in [0.5, 0.6) is 11.5 Å². The molecule has 5 heteroatoms. The van der Waals surface area contributed by atoms with E-state index in [1.807, 2.05) is 26.0 Å². The molecule has 106 valence electrons. The van der Waals surface area contributed by atoms with E-state index < -0.39 is 0 Å². The molecule has 0 saturated carbocycles. The summed E-state index contributed by atoms with van der Waals surface area (Å²) in [6.45, 7) is 3.77. The molecule has 0 saturated heterocycles. The van der Waals surface area contributed by atoms with Gasteiger partial charge in [-0.05, 0) is 25.5 Å². The Morgan fingerprint density at radius 3 is 2.55 bits per heavy atom. The Hall–Kier alpha value is -2.30. The quantitative estimate of drug-likeness (QED) is 0.929. The lowest BCUT2D eigenvalue weighted by Gasteiger charge is -2.12. The van der Waals surface area contributed by atoms with Crippen molar-refractivity contribution in [1.82, 2.24) is 9.97 Å². The lowest BCUT2D eigenvalue weighted by atomic mass is 10.1. The Morgan fingerprint density at radius 1 is 1.25 bits per heavy atom. The highest BCUT2D eigenvalue weighted by Crippen LogP contribution is 2.35. The standard InChI is InChI=1S/C15H18N2O3/c1-5-10-9(2)16-14(17-15(10)18)11-7-6-8-12(19-3)13(11)20-4/h6-8H,5H2,1-4H3,(H,16,17,18). The van der Waals surface area contributed by atoms with Gasteiger partial charge in [-0.25, -0.2) is 4.98 Å². The van der Waals surface area contributed by atoms with Crippen molar-refractivity contribution in [2.75, 3.05) is 14.2 Å². The van der Waals surface area contributed by atoms with Crippen LogP contribution in [0.2, 0.25) is 0 Å². The Kier molecular flexibility index (Phi) is 4.08. The van der Waals surface area contributed by atoms with Crippen LogP contribution in [0.15, 0.2) is 23.0 Å². The number of H-pyrrole nitrogens is 1. The number of aryl methyl sites for hydroxylation is 1. The van der Waals surface area contributed by atoms with Crippen molar-refractivity contribution >= 4 is 0 Å². The molecule has 0 aliphatic heterocycles. The minimum absolute atomic E-state index is 0.111. The van der Waals surface area contributed by atoms with Crippen molar-refractivity contribution in [3.05, 3.63) is 39.8 Å². The summed E-state index contributed by atoms with van der Waals surface area (Å²) in [5, 5.41) is 0. The summed E-state index contributed by atoms with van der Waals surface area (Å²) in [5.41, 5.74) is 2.03. The Morgan fingerprint density at radius 2 is 2.00 bits per heavy atom. The molecule has 1 aromatic carbocycles. The number of hydrogen-bond donors (Lipinski definition) is 1. The molecule has 1 heterocycles. The van der Waals surface area contributed by atoms with Crippen LogP contribution in [-0.4, -0.2) is 24.2 Å². The molecule has 1 aromatic heterocycles. The molecule has 0 radical (unpaired) electrons. The van der Waals surface area contributed by atoms with Gasteiger partial charge in [0.05, 0.1) is 19.8 Å². The molecule has 0 fully saturated rings. The predicted octanol–water partition coefficient (Wildman–Crippen LogP) is 2.32. The van der Waals surface area contributed by atoms with Crippen molar-refractivity contribution in [1.29, 1.82) is 0 Å². The van der Waals surface area contributed by atoms with Crippen molar-refractivity contribution < 1.29 is 9.47 Å². The number of ether oxygens (including phenoxy) is 2. The number of hydrogen-bond acceptors (Lipinski definition) is 4. The second kappa shape index (κ2) is 5.77. The Bertz CT molecular complexity index is 677. The maximum Gasteiger partial charge on any atom is 0.254 e. The van der Waals surface area contributed by atoms with E-state index in [2.05, 4.69) is 9.97 Å². The van der Waals surface area contributed by atoms with Gasteiger partial charge in [0.1, 0.15) is 5.82 Å². The number of para-hydroxylation sites is 1. The number of rotatable bonds is 4. The fourth-order valence-electron chi connectivity index (χ4n) is 2.23. The molecule has 0 spiro atoms. The zero-order chi connectivity index (χ0) is 14.7. The molecule has 0 amide bonds. The maximum atomic E-state index is 12.1. The van der Waals surface area contributed by atoms with Gasteiger partial charge in [-0.15, -0.1) is 0 Å². The van der Waals surface area contributed by atoms with Gasteiger partial charge in [-0.1, -0.05) is 13.0 Å². The van der Waals surface area contributed by atoms with Gasteiger partial charge in [0.2, 0.25) is 0 Å². The van der Waals surface area contributed by atoms with Crippen LogP contribution in [0, 0.1) is 6.92 Å². The summed E-state index contributed by atoms with van der Waals surface area (Å²) in [5.74, 6) is 1.65. The highest BCUT2D eigenvalue weighted by Gasteiger charge is 2.15. The molecule has 2 rings (SSSR count). The number of methoxy groups -OCH3 is 2. The topological polar surface area (TPSA) is 64.2 Å². The van der Waals surface area contributed by atoms with Crippen LogP contribution in [0.25, 0.3) is 11.4 Å². The third kappa shape index (κ3) is 2.39. The minimum atomic E-state index is -0.111. The van der Waals surface area contributed by atoms with Crippen LogP contribution in [0.3, 0.4) is 0 Å². The van der Waals surface area contributed by atoms with E-state index in [0.29, 0.717) is 34.9 Å². The van der Waals surface area contributed by atoms with Crippen LogP contribution in [0.4, 0.5) is 0 Å². The maximum absolute atomic E-state index is 12.1. The first-order valence-corrected chi connectivity index (χ1v) is 6.43. The fraction of sp³-hybridized carbons (Fsp3) is 0.333. The van der Waals surface area contributed by atoms with Gasteiger partial charge in [-0.3, -0.25) is 4.79 Å². The van der Waals surface area contributed by atoms with E-state index in [1.165, 1.54) is 0 Å². The lowest BCUT2D eigenvalue weighted by Crippen LogP contribution is -2.17. The van der Waals surface area contributed by atoms with Crippen LogP contribution >= 0.6 is 0 Å². The second-order valence-electron chi connectivity index (χ2n) is 4.37.